The van der Waals surface area contributed by atoms with Crippen LogP contribution in [0.1, 0.15) is 23.2 Å². The Kier molecular flexibility index (Phi) is 7.03. The lowest BCUT2D eigenvalue weighted by molar-refractivity contribution is 0.0912. The highest BCUT2D eigenvalue weighted by atomic mass is 16.3. The van der Waals surface area contributed by atoms with Gasteiger partial charge < -0.3 is 9.73 Å². The zero-order chi connectivity index (χ0) is 23.0. The van der Waals surface area contributed by atoms with Crippen LogP contribution in [0.15, 0.2) is 75.0 Å². The standard InChI is InChI=1S/C25H24N6O2/c1-27-15-18(14-26)16-28-17-31-11-7-21(8-12-31)30-25(32)20-4-2-19(3-5-20)24-22-9-13-33-23(22)6-10-29-24/h2-6,9-10,13,15-16,21H,1,7-8,11-12,17H2,(H,30,32)/b18-15-,28-16?. The molecular formula is C25H24N6O2. The van der Waals surface area contributed by atoms with E-state index in [0.717, 1.165) is 48.2 Å². The minimum absolute atomic E-state index is 0.0757. The van der Waals surface area contributed by atoms with Crippen LogP contribution in [0.3, 0.4) is 0 Å². The zero-order valence-corrected chi connectivity index (χ0v) is 18.1. The van der Waals surface area contributed by atoms with Gasteiger partial charge in [0, 0.05) is 54.3 Å². The van der Waals surface area contributed by atoms with Crippen LogP contribution in [0.25, 0.3) is 22.2 Å². The van der Waals surface area contributed by atoms with E-state index < -0.39 is 0 Å². The Morgan fingerprint density at radius 1 is 1.27 bits per heavy atom. The number of aliphatic imine (C=N–C) groups is 2. The Morgan fingerprint density at radius 2 is 2.06 bits per heavy atom. The van der Waals surface area contributed by atoms with Crippen molar-refractivity contribution >= 4 is 29.8 Å². The average Bonchev–Trinajstić information content (AvgIpc) is 3.34. The third-order valence-electron chi connectivity index (χ3n) is 5.59. The zero-order valence-electron chi connectivity index (χ0n) is 18.1. The van der Waals surface area contributed by atoms with E-state index in [1.54, 1.807) is 12.5 Å². The molecule has 1 aliphatic rings. The molecule has 1 fully saturated rings. The molecule has 0 atom stereocenters. The second kappa shape index (κ2) is 10.5. The molecule has 8 heteroatoms. The Morgan fingerprint density at radius 3 is 2.79 bits per heavy atom. The molecule has 0 unspecified atom stereocenters. The molecule has 3 aromatic rings. The summed E-state index contributed by atoms with van der Waals surface area (Å²) in [6.45, 7) is 5.50. The number of hydrogen-bond donors (Lipinski definition) is 1. The number of pyridine rings is 1. The molecule has 4 rings (SSSR count). The number of nitrogens with zero attached hydrogens (tertiary/aromatic N) is 5. The lowest BCUT2D eigenvalue weighted by Crippen LogP contribution is -2.44. The third-order valence-corrected chi connectivity index (χ3v) is 5.59. The summed E-state index contributed by atoms with van der Waals surface area (Å²) in [7, 11) is 0. The van der Waals surface area contributed by atoms with Gasteiger partial charge in [0.15, 0.2) is 0 Å². The third kappa shape index (κ3) is 5.40. The maximum absolute atomic E-state index is 12.7. The normalized spacial score (nSPS) is 15.5. The summed E-state index contributed by atoms with van der Waals surface area (Å²) in [5.41, 5.74) is 3.55. The highest BCUT2D eigenvalue weighted by molar-refractivity contribution is 5.96. The van der Waals surface area contributed by atoms with E-state index in [9.17, 15) is 4.79 Å². The molecule has 0 saturated carbocycles. The first kappa shape index (κ1) is 22.1. The smallest absolute Gasteiger partial charge is 0.251 e. The maximum atomic E-state index is 12.7. The number of carbonyl (C=O) groups is 1. The Hall–Kier alpha value is -4.09. The summed E-state index contributed by atoms with van der Waals surface area (Å²) < 4.78 is 5.44. The van der Waals surface area contributed by atoms with E-state index in [1.165, 1.54) is 12.4 Å². The average molecular weight is 441 g/mol. The molecule has 0 bridgehead atoms. The molecule has 0 spiro atoms. The van der Waals surface area contributed by atoms with Gasteiger partial charge in [-0.1, -0.05) is 12.1 Å². The number of amides is 1. The van der Waals surface area contributed by atoms with Crippen molar-refractivity contribution in [2.24, 2.45) is 9.98 Å². The Bertz CT molecular complexity index is 1230. The molecule has 1 amide bonds. The second-order valence-corrected chi connectivity index (χ2v) is 7.77. The van der Waals surface area contributed by atoms with Gasteiger partial charge in [0.2, 0.25) is 0 Å². The van der Waals surface area contributed by atoms with Gasteiger partial charge in [-0.3, -0.25) is 24.7 Å². The molecule has 2 aromatic heterocycles. The van der Waals surface area contributed by atoms with Crippen molar-refractivity contribution in [1.29, 1.82) is 5.26 Å². The molecule has 0 radical (unpaired) electrons. The summed E-state index contributed by atoms with van der Waals surface area (Å²) in [5, 5.41) is 13.0. The van der Waals surface area contributed by atoms with Gasteiger partial charge in [-0.15, -0.1) is 0 Å². The maximum Gasteiger partial charge on any atom is 0.251 e. The van der Waals surface area contributed by atoms with Crippen LogP contribution >= 0.6 is 0 Å². The van der Waals surface area contributed by atoms with E-state index in [4.69, 9.17) is 9.68 Å². The van der Waals surface area contributed by atoms with Gasteiger partial charge in [-0.25, -0.2) is 0 Å². The number of nitriles is 1. The lowest BCUT2D eigenvalue weighted by atomic mass is 10.0. The van der Waals surface area contributed by atoms with Crippen LogP contribution in [0.5, 0.6) is 0 Å². The van der Waals surface area contributed by atoms with Crippen molar-refractivity contribution in [3.05, 3.63) is 66.2 Å². The summed E-state index contributed by atoms with van der Waals surface area (Å²) in [5.74, 6) is -0.0757. The number of hydrogen-bond acceptors (Lipinski definition) is 7. The highest BCUT2D eigenvalue weighted by Gasteiger charge is 2.21. The number of piperidine rings is 1. The van der Waals surface area contributed by atoms with E-state index >= 15 is 0 Å². The number of carbonyl (C=O) groups excluding carboxylic acids is 1. The number of aromatic nitrogens is 1. The number of likely N-dealkylation sites (tertiary alicyclic amines) is 1. The number of fused-ring (bicyclic) bond motifs is 1. The lowest BCUT2D eigenvalue weighted by Gasteiger charge is -2.31. The molecule has 33 heavy (non-hydrogen) atoms. The number of rotatable bonds is 7. The summed E-state index contributed by atoms with van der Waals surface area (Å²) in [4.78, 5) is 27.3. The van der Waals surface area contributed by atoms with E-state index in [2.05, 4.69) is 31.9 Å². The first-order chi connectivity index (χ1) is 16.2. The molecule has 1 aromatic carbocycles. The van der Waals surface area contributed by atoms with Gasteiger partial charge in [0.05, 0.1) is 24.2 Å². The summed E-state index contributed by atoms with van der Waals surface area (Å²) >= 11 is 0. The first-order valence-corrected chi connectivity index (χ1v) is 10.7. The predicted octanol–water partition coefficient (Wildman–Crippen LogP) is 3.83. The van der Waals surface area contributed by atoms with Crippen molar-refractivity contribution in [3.63, 3.8) is 0 Å². The fourth-order valence-electron chi connectivity index (χ4n) is 3.84. The topological polar surface area (TPSA) is 107 Å². The van der Waals surface area contributed by atoms with E-state index in [-0.39, 0.29) is 11.9 Å². The SMILES string of the molecule is C=N/C=C(/C#N)C=NCN1CCC(NC(=O)c2ccc(-c3nccc4occc34)cc2)CC1. The number of benzene rings is 1. The molecule has 166 valence electrons. The van der Waals surface area contributed by atoms with E-state index in [0.29, 0.717) is 17.8 Å². The van der Waals surface area contributed by atoms with Crippen molar-refractivity contribution in [2.75, 3.05) is 19.8 Å². The molecule has 1 aliphatic heterocycles. The summed E-state index contributed by atoms with van der Waals surface area (Å²) in [6, 6.07) is 13.3. The van der Waals surface area contributed by atoms with E-state index in [1.807, 2.05) is 42.5 Å². The first-order valence-electron chi connectivity index (χ1n) is 10.7. The quantitative estimate of drug-likeness (QED) is 0.444. The molecular weight excluding hydrogens is 416 g/mol. The van der Waals surface area contributed by atoms with Crippen molar-refractivity contribution < 1.29 is 9.21 Å². The fourth-order valence-corrected chi connectivity index (χ4v) is 3.84. The number of allylic oxidation sites excluding steroid dienone is 1. The number of nitrogens with one attached hydrogen (secondary N) is 1. The van der Waals surface area contributed by atoms with Gasteiger partial charge in [-0.2, -0.15) is 5.26 Å². The Labute approximate surface area is 192 Å². The predicted molar refractivity (Wildman–Crippen MR) is 128 cm³/mol. The van der Waals surface area contributed by atoms with Crippen LogP contribution in [-0.2, 0) is 0 Å². The minimum Gasteiger partial charge on any atom is -0.464 e. The van der Waals surface area contributed by atoms with Crippen LogP contribution in [-0.4, -0.2) is 54.5 Å². The monoisotopic (exact) mass is 440 g/mol. The van der Waals surface area contributed by atoms with Gasteiger partial charge in [0.1, 0.15) is 11.7 Å². The van der Waals surface area contributed by atoms with Gasteiger partial charge in [0.25, 0.3) is 5.91 Å². The Balaban J connectivity index is 1.29. The molecule has 0 aliphatic carbocycles. The fraction of sp³-hybridized carbons (Fsp3) is 0.240. The van der Waals surface area contributed by atoms with Crippen LogP contribution < -0.4 is 5.32 Å². The second-order valence-electron chi connectivity index (χ2n) is 7.77. The van der Waals surface area contributed by atoms with Gasteiger partial charge in [-0.05, 0) is 43.8 Å². The number of furan rings is 1. The molecule has 1 N–H and O–H groups in total. The van der Waals surface area contributed by atoms with Crippen LogP contribution in [0, 0.1) is 11.3 Å². The van der Waals surface area contributed by atoms with Crippen molar-refractivity contribution in [1.82, 2.24) is 15.2 Å². The van der Waals surface area contributed by atoms with Crippen molar-refractivity contribution in [2.45, 2.75) is 18.9 Å². The molecule has 1 saturated heterocycles. The van der Waals surface area contributed by atoms with Crippen LogP contribution in [0.2, 0.25) is 0 Å². The highest BCUT2D eigenvalue weighted by Crippen LogP contribution is 2.27. The minimum atomic E-state index is -0.0757. The molecule has 3 heterocycles. The summed E-state index contributed by atoms with van der Waals surface area (Å²) in [6.07, 6.45) is 7.95. The van der Waals surface area contributed by atoms with Gasteiger partial charge >= 0.3 is 0 Å². The van der Waals surface area contributed by atoms with Crippen molar-refractivity contribution in [3.8, 4) is 17.3 Å². The van der Waals surface area contributed by atoms with Crippen LogP contribution in [0.4, 0.5) is 0 Å². The largest absolute Gasteiger partial charge is 0.464 e. The molecule has 8 nitrogen and oxygen atoms in total.